The summed E-state index contributed by atoms with van der Waals surface area (Å²) >= 11 is 0. The molecule has 1 aromatic carbocycles. The Morgan fingerprint density at radius 2 is 1.26 bits per heavy atom. The standard InChI is InChI=1S/C27H47N3O/c1-4-7-8-9-10-11-12-13-14-15-16-17-18-19-27(31)29-28-24-25-20-22-26(23-21-25)30(5-2)6-3/h20-24H,4-19H2,1-3H3,(H,29,31)/b28-24+. The lowest BCUT2D eigenvalue weighted by Crippen LogP contribution is -2.21. The molecule has 0 heterocycles. The highest BCUT2D eigenvalue weighted by Crippen LogP contribution is 2.14. The van der Waals surface area contributed by atoms with Crippen LogP contribution in [0.5, 0.6) is 0 Å². The van der Waals surface area contributed by atoms with E-state index in [0.717, 1.165) is 31.5 Å². The third-order valence-electron chi connectivity index (χ3n) is 5.93. The van der Waals surface area contributed by atoms with E-state index >= 15 is 0 Å². The summed E-state index contributed by atoms with van der Waals surface area (Å²) < 4.78 is 0. The van der Waals surface area contributed by atoms with Crippen LogP contribution in [0.1, 0.15) is 116 Å². The first-order valence-electron chi connectivity index (χ1n) is 12.9. The second kappa shape index (κ2) is 18.9. The molecular weight excluding hydrogens is 382 g/mol. The predicted octanol–water partition coefficient (Wildman–Crippen LogP) is 7.46. The van der Waals surface area contributed by atoms with Crippen LogP contribution in [0.2, 0.25) is 0 Å². The number of anilines is 1. The van der Waals surface area contributed by atoms with Crippen LogP contribution in [0.15, 0.2) is 29.4 Å². The summed E-state index contributed by atoms with van der Waals surface area (Å²) in [5.74, 6) is 0.0130. The van der Waals surface area contributed by atoms with E-state index in [0.29, 0.717) is 6.42 Å². The van der Waals surface area contributed by atoms with E-state index in [1.54, 1.807) is 6.21 Å². The van der Waals surface area contributed by atoms with Gasteiger partial charge in [0.25, 0.3) is 0 Å². The molecule has 0 saturated carbocycles. The first kappa shape index (κ1) is 27.2. The minimum Gasteiger partial charge on any atom is -0.372 e. The smallest absolute Gasteiger partial charge is 0.240 e. The number of amides is 1. The van der Waals surface area contributed by atoms with Gasteiger partial charge in [-0.1, -0.05) is 96.1 Å². The molecule has 0 aliphatic heterocycles. The Bertz CT molecular complexity index is 579. The summed E-state index contributed by atoms with van der Waals surface area (Å²) in [6.45, 7) is 8.59. The fraction of sp³-hybridized carbons (Fsp3) is 0.704. The molecule has 1 amide bonds. The van der Waals surface area contributed by atoms with E-state index in [4.69, 9.17) is 0 Å². The van der Waals surface area contributed by atoms with Crippen molar-refractivity contribution in [2.75, 3.05) is 18.0 Å². The molecule has 4 heteroatoms. The zero-order valence-electron chi connectivity index (χ0n) is 20.5. The summed E-state index contributed by atoms with van der Waals surface area (Å²) in [4.78, 5) is 14.2. The number of nitrogens with zero attached hydrogens (tertiary/aromatic N) is 2. The summed E-state index contributed by atoms with van der Waals surface area (Å²) in [5.41, 5.74) is 4.87. The van der Waals surface area contributed by atoms with Crippen molar-refractivity contribution in [3.63, 3.8) is 0 Å². The number of unbranched alkanes of at least 4 members (excludes halogenated alkanes) is 12. The van der Waals surface area contributed by atoms with E-state index in [2.05, 4.69) is 48.3 Å². The van der Waals surface area contributed by atoms with Gasteiger partial charge in [0.1, 0.15) is 0 Å². The quantitative estimate of drug-likeness (QED) is 0.141. The third-order valence-corrected chi connectivity index (χ3v) is 5.93. The molecule has 0 saturated heterocycles. The average molecular weight is 430 g/mol. The molecule has 1 N–H and O–H groups in total. The van der Waals surface area contributed by atoms with Crippen molar-refractivity contribution in [3.05, 3.63) is 29.8 Å². The molecule has 31 heavy (non-hydrogen) atoms. The van der Waals surface area contributed by atoms with Crippen LogP contribution in [0.4, 0.5) is 5.69 Å². The Morgan fingerprint density at radius 3 is 1.74 bits per heavy atom. The number of rotatable bonds is 19. The number of carbonyl (C=O) groups excluding carboxylic acids is 1. The number of hydrogen-bond acceptors (Lipinski definition) is 3. The monoisotopic (exact) mass is 429 g/mol. The van der Waals surface area contributed by atoms with Gasteiger partial charge in [0.05, 0.1) is 6.21 Å². The largest absolute Gasteiger partial charge is 0.372 e. The first-order chi connectivity index (χ1) is 15.2. The molecule has 0 fully saturated rings. The van der Waals surface area contributed by atoms with Crippen LogP contribution < -0.4 is 10.3 Å². The fourth-order valence-electron chi connectivity index (χ4n) is 3.90. The maximum absolute atomic E-state index is 11.9. The molecule has 0 aliphatic rings. The van der Waals surface area contributed by atoms with Crippen molar-refractivity contribution in [1.82, 2.24) is 5.43 Å². The van der Waals surface area contributed by atoms with Gasteiger partial charge in [-0.3, -0.25) is 4.79 Å². The van der Waals surface area contributed by atoms with Crippen LogP contribution in [-0.4, -0.2) is 25.2 Å². The van der Waals surface area contributed by atoms with Gasteiger partial charge in [-0.25, -0.2) is 5.43 Å². The van der Waals surface area contributed by atoms with Crippen molar-refractivity contribution >= 4 is 17.8 Å². The third kappa shape index (κ3) is 14.0. The number of nitrogens with one attached hydrogen (secondary N) is 1. The zero-order chi connectivity index (χ0) is 22.6. The van der Waals surface area contributed by atoms with Gasteiger partial charge in [-0.05, 0) is 38.0 Å². The molecule has 0 bridgehead atoms. The molecule has 1 aromatic rings. The molecule has 0 aliphatic carbocycles. The fourth-order valence-corrected chi connectivity index (χ4v) is 3.90. The lowest BCUT2D eigenvalue weighted by molar-refractivity contribution is -0.121. The van der Waals surface area contributed by atoms with Gasteiger partial charge in [-0.2, -0.15) is 5.10 Å². The van der Waals surface area contributed by atoms with Crippen molar-refractivity contribution in [2.24, 2.45) is 5.10 Å². The van der Waals surface area contributed by atoms with Crippen LogP contribution in [0.3, 0.4) is 0 Å². The summed E-state index contributed by atoms with van der Waals surface area (Å²) in [6, 6.07) is 8.28. The molecule has 0 aromatic heterocycles. The number of hydrogen-bond donors (Lipinski definition) is 1. The number of benzene rings is 1. The van der Waals surface area contributed by atoms with Crippen molar-refractivity contribution in [3.8, 4) is 0 Å². The van der Waals surface area contributed by atoms with Crippen molar-refractivity contribution in [1.29, 1.82) is 0 Å². The second-order valence-electron chi connectivity index (χ2n) is 8.55. The summed E-state index contributed by atoms with van der Waals surface area (Å²) in [6.07, 6.45) is 19.4. The predicted molar refractivity (Wildman–Crippen MR) is 136 cm³/mol. The van der Waals surface area contributed by atoms with Gasteiger partial charge in [0.2, 0.25) is 5.91 Å². The second-order valence-corrected chi connectivity index (χ2v) is 8.55. The maximum atomic E-state index is 11.9. The lowest BCUT2D eigenvalue weighted by atomic mass is 10.0. The highest BCUT2D eigenvalue weighted by molar-refractivity contribution is 5.82. The topological polar surface area (TPSA) is 44.7 Å². The minimum absolute atomic E-state index is 0.0130. The van der Waals surface area contributed by atoms with Gasteiger partial charge in [-0.15, -0.1) is 0 Å². The Hall–Kier alpha value is -1.84. The Balaban J connectivity index is 2.00. The van der Waals surface area contributed by atoms with E-state index in [1.165, 1.54) is 76.3 Å². The van der Waals surface area contributed by atoms with Crippen LogP contribution >= 0.6 is 0 Å². The van der Waals surface area contributed by atoms with E-state index in [1.807, 2.05) is 12.1 Å². The van der Waals surface area contributed by atoms with Crippen LogP contribution in [0, 0.1) is 0 Å². The van der Waals surface area contributed by atoms with Crippen LogP contribution in [-0.2, 0) is 4.79 Å². The van der Waals surface area contributed by atoms with E-state index < -0.39 is 0 Å². The summed E-state index contributed by atoms with van der Waals surface area (Å²) in [5, 5.41) is 4.10. The lowest BCUT2D eigenvalue weighted by Gasteiger charge is -2.20. The number of carbonyl (C=O) groups is 1. The molecule has 1 rings (SSSR count). The normalized spacial score (nSPS) is 11.2. The number of hydrazone groups is 1. The zero-order valence-corrected chi connectivity index (χ0v) is 20.5. The Morgan fingerprint density at radius 1 is 0.774 bits per heavy atom. The van der Waals surface area contributed by atoms with Gasteiger partial charge >= 0.3 is 0 Å². The Kier molecular flexibility index (Phi) is 16.6. The SMILES string of the molecule is CCCCCCCCCCCCCCCC(=O)N/N=C/c1ccc(N(CC)CC)cc1. The average Bonchev–Trinajstić information content (AvgIpc) is 2.79. The Labute approximate surface area is 191 Å². The molecule has 0 unspecified atom stereocenters. The minimum atomic E-state index is 0.0130. The van der Waals surface area contributed by atoms with Crippen LogP contribution in [0.25, 0.3) is 0 Å². The molecule has 0 spiro atoms. The van der Waals surface area contributed by atoms with Crippen molar-refractivity contribution < 1.29 is 4.79 Å². The summed E-state index contributed by atoms with van der Waals surface area (Å²) in [7, 11) is 0. The first-order valence-corrected chi connectivity index (χ1v) is 12.9. The molecular formula is C27H47N3O. The van der Waals surface area contributed by atoms with Gasteiger partial charge < -0.3 is 4.90 Å². The highest BCUT2D eigenvalue weighted by atomic mass is 16.2. The molecule has 0 radical (unpaired) electrons. The molecule has 4 nitrogen and oxygen atoms in total. The van der Waals surface area contributed by atoms with E-state index in [9.17, 15) is 4.79 Å². The van der Waals surface area contributed by atoms with Gasteiger partial charge in [0, 0.05) is 25.2 Å². The molecule has 176 valence electrons. The van der Waals surface area contributed by atoms with Crippen molar-refractivity contribution in [2.45, 2.75) is 111 Å². The van der Waals surface area contributed by atoms with Gasteiger partial charge in [0.15, 0.2) is 0 Å². The maximum Gasteiger partial charge on any atom is 0.240 e. The molecule has 0 atom stereocenters. The van der Waals surface area contributed by atoms with E-state index in [-0.39, 0.29) is 5.91 Å². The highest BCUT2D eigenvalue weighted by Gasteiger charge is 2.01.